The molecule has 200 valence electrons. The minimum Gasteiger partial charge on any atom is -0.392 e. The van der Waals surface area contributed by atoms with Crippen LogP contribution in [-0.2, 0) is 19.1 Å². The second-order valence-electron chi connectivity index (χ2n) is 10.7. The van der Waals surface area contributed by atoms with E-state index in [9.17, 15) is 19.8 Å². The number of aromatic nitrogens is 1. The van der Waals surface area contributed by atoms with Crippen molar-refractivity contribution in [2.45, 2.75) is 96.4 Å². The van der Waals surface area contributed by atoms with E-state index in [2.05, 4.69) is 10.3 Å². The number of Topliss-reactive ketones (excluding diaryl/α,β-unsaturated/α-hetero) is 1. The van der Waals surface area contributed by atoms with Crippen molar-refractivity contribution >= 4 is 17.8 Å². The molecular weight excluding hydrogens is 467 g/mol. The van der Waals surface area contributed by atoms with Crippen LogP contribution in [0, 0.1) is 11.3 Å². The SMILES string of the molecule is CC[C@H]1C(=O)C(C)(C)[C@@H](O)CC(=O)N[C@H](C(F)=Cc2ccccn2)C[C@@H]2O[C@]2(C)CCOC(C)C1O. The number of nitrogens with one attached hydrogen (secondary N) is 1. The van der Waals surface area contributed by atoms with Crippen molar-refractivity contribution in [3.63, 3.8) is 0 Å². The van der Waals surface area contributed by atoms with Crippen LogP contribution in [0.15, 0.2) is 30.2 Å². The lowest BCUT2D eigenvalue weighted by Crippen LogP contribution is -2.49. The number of nitrogens with zero attached hydrogens (tertiary/aromatic N) is 1. The third-order valence-electron chi connectivity index (χ3n) is 7.62. The first-order valence-corrected chi connectivity index (χ1v) is 12.7. The summed E-state index contributed by atoms with van der Waals surface area (Å²) in [6.07, 6.45) is 0.152. The maximum Gasteiger partial charge on any atom is 0.223 e. The number of aliphatic hydroxyl groups excluding tert-OH is 2. The van der Waals surface area contributed by atoms with E-state index in [1.54, 1.807) is 52.1 Å². The minimum absolute atomic E-state index is 0.186. The van der Waals surface area contributed by atoms with Gasteiger partial charge in [0.25, 0.3) is 0 Å². The Hall–Kier alpha value is -2.20. The molecule has 2 saturated heterocycles. The van der Waals surface area contributed by atoms with Gasteiger partial charge in [0.15, 0.2) is 0 Å². The number of carbonyl (C=O) groups is 2. The molecule has 9 heteroatoms. The van der Waals surface area contributed by atoms with Gasteiger partial charge in [-0.15, -0.1) is 0 Å². The fourth-order valence-electron chi connectivity index (χ4n) is 4.75. The zero-order chi connectivity index (χ0) is 26.7. The normalized spacial score (nSPS) is 36.6. The number of pyridine rings is 1. The van der Waals surface area contributed by atoms with E-state index < -0.39 is 59.4 Å². The van der Waals surface area contributed by atoms with Gasteiger partial charge in [0.05, 0.1) is 53.6 Å². The van der Waals surface area contributed by atoms with Gasteiger partial charge >= 0.3 is 0 Å². The molecule has 0 aromatic carbocycles. The van der Waals surface area contributed by atoms with Crippen LogP contribution >= 0.6 is 0 Å². The van der Waals surface area contributed by atoms with Gasteiger partial charge in [0, 0.05) is 31.6 Å². The van der Waals surface area contributed by atoms with Gasteiger partial charge in [-0.1, -0.05) is 26.8 Å². The summed E-state index contributed by atoms with van der Waals surface area (Å²) in [5.74, 6) is -2.29. The summed E-state index contributed by atoms with van der Waals surface area (Å²) < 4.78 is 27.1. The predicted molar refractivity (Wildman–Crippen MR) is 132 cm³/mol. The Kier molecular flexibility index (Phi) is 9.03. The predicted octanol–water partition coefficient (Wildman–Crippen LogP) is 2.97. The van der Waals surface area contributed by atoms with E-state index in [4.69, 9.17) is 9.47 Å². The third kappa shape index (κ3) is 6.56. The molecule has 36 heavy (non-hydrogen) atoms. The number of ether oxygens (including phenoxy) is 2. The fraction of sp³-hybridized carbons (Fsp3) is 0.667. The Balaban J connectivity index is 1.87. The first kappa shape index (κ1) is 28.4. The number of fused-ring (bicyclic) bond motifs is 1. The summed E-state index contributed by atoms with van der Waals surface area (Å²) in [5.41, 5.74) is -1.46. The van der Waals surface area contributed by atoms with E-state index in [1.165, 1.54) is 6.08 Å². The molecule has 2 unspecified atom stereocenters. The number of hydrogen-bond acceptors (Lipinski definition) is 7. The molecule has 0 aliphatic carbocycles. The van der Waals surface area contributed by atoms with Crippen LogP contribution in [0.5, 0.6) is 0 Å². The molecule has 1 aromatic rings. The Labute approximate surface area is 212 Å². The summed E-state index contributed by atoms with van der Waals surface area (Å²) in [7, 11) is 0. The Morgan fingerprint density at radius 2 is 2.00 bits per heavy atom. The monoisotopic (exact) mass is 506 g/mol. The lowest BCUT2D eigenvalue weighted by atomic mass is 9.72. The van der Waals surface area contributed by atoms with Crippen molar-refractivity contribution in [1.82, 2.24) is 10.3 Å². The molecular formula is C27H39FN2O6. The standard InChI is InChI=1S/C27H39FN2O6/c1-6-18-24(33)16(2)35-12-10-27(5)22(36-27)14-20(19(28)13-17-9-7-8-11-29-17)30-23(32)15-21(31)26(3,4)25(18)34/h7-9,11,13,16,18,20-22,24,31,33H,6,10,12,14-15H2,1-5H3,(H,30,32)/t16?,18-,20+,21+,22+,24?,27-/m1/s1. The summed E-state index contributed by atoms with van der Waals surface area (Å²) >= 11 is 0. The molecule has 2 aliphatic heterocycles. The molecule has 0 saturated carbocycles. The van der Waals surface area contributed by atoms with Crippen LogP contribution in [-0.4, -0.2) is 69.6 Å². The molecule has 1 amide bonds. The number of halogens is 1. The van der Waals surface area contributed by atoms with E-state index in [1.807, 2.05) is 6.92 Å². The molecule has 1 aromatic heterocycles. The maximum absolute atomic E-state index is 15.3. The Bertz CT molecular complexity index is 955. The second-order valence-corrected chi connectivity index (χ2v) is 10.7. The zero-order valence-corrected chi connectivity index (χ0v) is 21.7. The van der Waals surface area contributed by atoms with E-state index in [0.29, 0.717) is 18.5 Å². The Morgan fingerprint density at radius 1 is 1.28 bits per heavy atom. The molecule has 8 nitrogen and oxygen atoms in total. The molecule has 3 rings (SSSR count). The molecule has 3 N–H and O–H groups in total. The quantitative estimate of drug-likeness (QED) is 0.539. The highest BCUT2D eigenvalue weighted by atomic mass is 19.1. The number of rotatable bonds is 3. The van der Waals surface area contributed by atoms with Crippen LogP contribution in [0.2, 0.25) is 0 Å². The van der Waals surface area contributed by atoms with Gasteiger partial charge in [0.2, 0.25) is 5.91 Å². The van der Waals surface area contributed by atoms with Gasteiger partial charge in [-0.2, -0.15) is 0 Å². The molecule has 0 radical (unpaired) electrons. The fourth-order valence-corrected chi connectivity index (χ4v) is 4.75. The molecule has 0 spiro atoms. The van der Waals surface area contributed by atoms with Crippen LogP contribution in [0.4, 0.5) is 4.39 Å². The van der Waals surface area contributed by atoms with Crippen LogP contribution in [0.25, 0.3) is 6.08 Å². The highest BCUT2D eigenvalue weighted by Gasteiger charge is 2.53. The topological polar surface area (TPSA) is 121 Å². The molecule has 0 bridgehead atoms. The Morgan fingerprint density at radius 3 is 2.64 bits per heavy atom. The van der Waals surface area contributed by atoms with Gasteiger partial charge in [0.1, 0.15) is 11.6 Å². The van der Waals surface area contributed by atoms with Gasteiger partial charge in [-0.25, -0.2) is 4.39 Å². The van der Waals surface area contributed by atoms with Gasteiger partial charge in [-0.3, -0.25) is 14.6 Å². The average Bonchev–Trinajstić information content (AvgIpc) is 3.47. The number of amides is 1. The highest BCUT2D eigenvalue weighted by Crippen LogP contribution is 2.43. The zero-order valence-electron chi connectivity index (χ0n) is 21.7. The largest absolute Gasteiger partial charge is 0.392 e. The molecule has 2 fully saturated rings. The highest BCUT2D eigenvalue weighted by molar-refractivity contribution is 5.88. The van der Waals surface area contributed by atoms with Crippen molar-refractivity contribution in [1.29, 1.82) is 0 Å². The van der Waals surface area contributed by atoms with Crippen molar-refractivity contribution in [2.75, 3.05) is 6.61 Å². The van der Waals surface area contributed by atoms with Crippen LogP contribution in [0.3, 0.4) is 0 Å². The van der Waals surface area contributed by atoms with Crippen LogP contribution < -0.4 is 5.32 Å². The van der Waals surface area contributed by atoms with Crippen molar-refractivity contribution < 1.29 is 33.7 Å². The average molecular weight is 507 g/mol. The second kappa shape index (κ2) is 11.5. The maximum atomic E-state index is 15.3. The first-order chi connectivity index (χ1) is 16.9. The lowest BCUT2D eigenvalue weighted by Gasteiger charge is -2.35. The summed E-state index contributed by atoms with van der Waals surface area (Å²) in [4.78, 5) is 30.4. The molecule has 7 atom stereocenters. The van der Waals surface area contributed by atoms with Crippen molar-refractivity contribution in [3.05, 3.63) is 35.9 Å². The summed E-state index contributed by atoms with van der Waals surface area (Å²) in [5, 5.41) is 24.4. The summed E-state index contributed by atoms with van der Waals surface area (Å²) in [6.45, 7) is 8.79. The third-order valence-corrected chi connectivity index (χ3v) is 7.62. The number of carbonyl (C=O) groups excluding carboxylic acids is 2. The van der Waals surface area contributed by atoms with E-state index in [-0.39, 0.29) is 24.9 Å². The lowest BCUT2D eigenvalue weighted by molar-refractivity contribution is -0.147. The van der Waals surface area contributed by atoms with Gasteiger partial charge in [-0.05, 0) is 38.5 Å². The number of aliphatic hydroxyl groups is 2. The van der Waals surface area contributed by atoms with E-state index in [0.717, 1.165) is 0 Å². The van der Waals surface area contributed by atoms with Crippen molar-refractivity contribution in [3.8, 4) is 0 Å². The van der Waals surface area contributed by atoms with Crippen molar-refractivity contribution in [2.24, 2.45) is 11.3 Å². The number of hydrogen-bond donors (Lipinski definition) is 3. The van der Waals surface area contributed by atoms with E-state index >= 15 is 4.39 Å². The molecule has 2 aliphatic rings. The minimum atomic E-state index is -1.33. The van der Waals surface area contributed by atoms with Crippen LogP contribution in [0.1, 0.15) is 66.0 Å². The number of ketones is 1. The summed E-state index contributed by atoms with van der Waals surface area (Å²) in [6, 6.07) is 4.13. The first-order valence-electron chi connectivity index (χ1n) is 12.7. The van der Waals surface area contributed by atoms with Gasteiger partial charge < -0.3 is 25.0 Å². The number of epoxide rings is 1. The smallest absolute Gasteiger partial charge is 0.223 e. The molecule has 3 heterocycles.